The van der Waals surface area contributed by atoms with Crippen LogP contribution in [-0.2, 0) is 0 Å². The van der Waals surface area contributed by atoms with Crippen LogP contribution in [0.5, 0.6) is 0 Å². The van der Waals surface area contributed by atoms with Gasteiger partial charge in [-0.15, -0.1) is 11.3 Å². The van der Waals surface area contributed by atoms with Crippen molar-refractivity contribution >= 4 is 22.9 Å². The zero-order chi connectivity index (χ0) is 9.14. The predicted molar refractivity (Wildman–Crippen MR) is 54.5 cm³/mol. The molecule has 1 rings (SSSR count). The van der Waals surface area contributed by atoms with Gasteiger partial charge >= 0.3 is 0 Å². The zero-order valence-corrected chi connectivity index (χ0v) is 8.53. The Bertz CT molecular complexity index is 249. The first-order chi connectivity index (χ1) is 5.66. The molecule has 0 saturated carbocycles. The van der Waals surface area contributed by atoms with Crippen LogP contribution < -0.4 is 11.5 Å². The average Bonchev–Trinajstić information content (AvgIpc) is 2.48. The number of thiophene rings is 1. The number of halogens is 1. The monoisotopic (exact) mass is 204 g/mol. The lowest BCUT2D eigenvalue weighted by Gasteiger charge is -2.16. The fourth-order valence-electron chi connectivity index (χ4n) is 0.992. The van der Waals surface area contributed by atoms with Crippen LogP contribution in [0.2, 0.25) is 5.02 Å². The molecule has 0 aliphatic heterocycles. The number of nitrogens with two attached hydrogens (primary N) is 2. The highest BCUT2D eigenvalue weighted by Crippen LogP contribution is 2.28. The molecule has 4 heteroatoms. The summed E-state index contributed by atoms with van der Waals surface area (Å²) in [6, 6.07) is 1.73. The minimum atomic E-state index is -0.123. The van der Waals surface area contributed by atoms with Crippen LogP contribution in [0.4, 0.5) is 0 Å². The fourth-order valence-corrected chi connectivity index (χ4v) is 2.25. The van der Waals surface area contributed by atoms with E-state index in [9.17, 15) is 0 Å². The maximum atomic E-state index is 5.91. The van der Waals surface area contributed by atoms with Gasteiger partial charge in [-0.05, 0) is 17.9 Å². The second kappa shape index (κ2) is 4.23. The van der Waals surface area contributed by atoms with Crippen molar-refractivity contribution in [2.75, 3.05) is 0 Å². The van der Waals surface area contributed by atoms with E-state index in [4.69, 9.17) is 23.1 Å². The highest BCUT2D eigenvalue weighted by molar-refractivity contribution is 7.10. The Labute approximate surface area is 81.5 Å². The molecule has 0 bridgehead atoms. The summed E-state index contributed by atoms with van der Waals surface area (Å²) in [5.74, 6) is 0. The van der Waals surface area contributed by atoms with E-state index in [0.29, 0.717) is 0 Å². The van der Waals surface area contributed by atoms with E-state index in [0.717, 1.165) is 16.3 Å². The van der Waals surface area contributed by atoms with Crippen LogP contribution in [0.1, 0.15) is 24.3 Å². The summed E-state index contributed by atoms with van der Waals surface area (Å²) in [5.41, 5.74) is 11.7. The third-order valence-corrected chi connectivity index (χ3v) is 3.34. The lowest BCUT2D eigenvalue weighted by Crippen LogP contribution is -2.32. The Morgan fingerprint density at radius 1 is 1.58 bits per heavy atom. The molecule has 2 atom stereocenters. The van der Waals surface area contributed by atoms with E-state index in [-0.39, 0.29) is 12.1 Å². The van der Waals surface area contributed by atoms with Crippen LogP contribution in [0.15, 0.2) is 11.4 Å². The number of hydrogen-bond acceptors (Lipinski definition) is 3. The second-order valence-corrected chi connectivity index (χ2v) is 4.09. The molecule has 12 heavy (non-hydrogen) atoms. The zero-order valence-electron chi connectivity index (χ0n) is 6.96. The van der Waals surface area contributed by atoms with Gasteiger partial charge in [0.05, 0.1) is 11.1 Å². The number of rotatable bonds is 3. The molecule has 0 aliphatic carbocycles. The van der Waals surface area contributed by atoms with Gasteiger partial charge in [-0.1, -0.05) is 18.5 Å². The molecule has 1 aromatic rings. The van der Waals surface area contributed by atoms with Gasteiger partial charge in [-0.3, -0.25) is 0 Å². The molecule has 0 fully saturated rings. The highest BCUT2D eigenvalue weighted by Gasteiger charge is 2.17. The SMILES string of the molecule is CC[C@H](N)[C@@H](N)c1sccc1Cl. The Morgan fingerprint density at radius 3 is 2.67 bits per heavy atom. The summed E-state index contributed by atoms with van der Waals surface area (Å²) < 4.78 is 0. The first kappa shape index (κ1) is 9.99. The Morgan fingerprint density at radius 2 is 2.25 bits per heavy atom. The van der Waals surface area contributed by atoms with E-state index in [1.807, 2.05) is 18.4 Å². The van der Waals surface area contributed by atoms with Gasteiger partial charge in [0.2, 0.25) is 0 Å². The van der Waals surface area contributed by atoms with Gasteiger partial charge in [0.15, 0.2) is 0 Å². The van der Waals surface area contributed by atoms with Crippen LogP contribution >= 0.6 is 22.9 Å². The molecule has 2 nitrogen and oxygen atoms in total. The summed E-state index contributed by atoms with van der Waals surface area (Å²) in [7, 11) is 0. The molecule has 4 N–H and O–H groups in total. The molecule has 0 radical (unpaired) electrons. The van der Waals surface area contributed by atoms with E-state index in [1.165, 1.54) is 0 Å². The summed E-state index contributed by atoms with van der Waals surface area (Å²) in [6.45, 7) is 2.02. The van der Waals surface area contributed by atoms with Crippen LogP contribution in [0.25, 0.3) is 0 Å². The smallest absolute Gasteiger partial charge is 0.0561 e. The molecule has 0 aliphatic rings. The van der Waals surface area contributed by atoms with Crippen LogP contribution in [-0.4, -0.2) is 6.04 Å². The van der Waals surface area contributed by atoms with Gasteiger partial charge < -0.3 is 11.5 Å². The van der Waals surface area contributed by atoms with Gasteiger partial charge in [-0.2, -0.15) is 0 Å². The van der Waals surface area contributed by atoms with Gasteiger partial charge in [0.25, 0.3) is 0 Å². The van der Waals surface area contributed by atoms with Gasteiger partial charge in [-0.25, -0.2) is 0 Å². The second-order valence-electron chi connectivity index (χ2n) is 2.73. The predicted octanol–water partition coefficient (Wildman–Crippen LogP) is 2.14. The van der Waals surface area contributed by atoms with Crippen LogP contribution in [0.3, 0.4) is 0 Å². The van der Waals surface area contributed by atoms with Crippen molar-refractivity contribution < 1.29 is 0 Å². The van der Waals surface area contributed by atoms with E-state index >= 15 is 0 Å². The van der Waals surface area contributed by atoms with Crippen LogP contribution in [0, 0.1) is 0 Å². The normalized spacial score (nSPS) is 16.0. The molecule has 0 aromatic carbocycles. The highest BCUT2D eigenvalue weighted by atomic mass is 35.5. The van der Waals surface area contributed by atoms with Crippen molar-refractivity contribution in [1.82, 2.24) is 0 Å². The third-order valence-electron chi connectivity index (χ3n) is 1.88. The van der Waals surface area contributed by atoms with E-state index in [2.05, 4.69) is 0 Å². The third kappa shape index (κ3) is 1.98. The van der Waals surface area contributed by atoms with Crippen molar-refractivity contribution in [3.8, 4) is 0 Å². The van der Waals surface area contributed by atoms with Gasteiger partial charge in [0.1, 0.15) is 0 Å². The minimum absolute atomic E-state index is 0.00106. The molecule has 0 unspecified atom stereocenters. The molecule has 1 aromatic heterocycles. The Kier molecular flexibility index (Phi) is 3.53. The van der Waals surface area contributed by atoms with E-state index < -0.39 is 0 Å². The fraction of sp³-hybridized carbons (Fsp3) is 0.500. The summed E-state index contributed by atoms with van der Waals surface area (Å²) in [4.78, 5) is 0.992. The van der Waals surface area contributed by atoms with Gasteiger partial charge in [0, 0.05) is 10.9 Å². The lowest BCUT2D eigenvalue weighted by molar-refractivity contribution is 0.539. The standard InChI is InChI=1S/C8H13ClN2S/c1-2-6(10)7(11)8-5(9)3-4-12-8/h3-4,6-7H,2,10-11H2,1H3/t6-,7+/m0/s1. The molecule has 0 saturated heterocycles. The number of hydrogen-bond donors (Lipinski definition) is 2. The van der Waals surface area contributed by atoms with Crippen molar-refractivity contribution in [3.05, 3.63) is 21.3 Å². The lowest BCUT2D eigenvalue weighted by atomic mass is 10.1. The summed E-state index contributed by atoms with van der Waals surface area (Å²) >= 11 is 7.47. The molecule has 68 valence electrons. The Balaban J connectivity index is 2.77. The Hall–Kier alpha value is -0.0900. The average molecular weight is 205 g/mol. The van der Waals surface area contributed by atoms with Crippen molar-refractivity contribution in [2.45, 2.75) is 25.4 Å². The summed E-state index contributed by atoms with van der Waals surface area (Å²) in [6.07, 6.45) is 0.870. The topological polar surface area (TPSA) is 52.0 Å². The maximum absolute atomic E-state index is 5.91. The first-order valence-corrected chi connectivity index (χ1v) is 5.16. The summed E-state index contributed by atoms with van der Waals surface area (Å²) in [5, 5.41) is 2.66. The van der Waals surface area contributed by atoms with Crippen molar-refractivity contribution in [3.63, 3.8) is 0 Å². The van der Waals surface area contributed by atoms with E-state index in [1.54, 1.807) is 11.3 Å². The molecule has 0 amide bonds. The minimum Gasteiger partial charge on any atom is -0.326 e. The first-order valence-electron chi connectivity index (χ1n) is 3.90. The molecule has 1 heterocycles. The quantitative estimate of drug-likeness (QED) is 0.793. The largest absolute Gasteiger partial charge is 0.326 e. The van der Waals surface area contributed by atoms with Crippen molar-refractivity contribution in [1.29, 1.82) is 0 Å². The molecular formula is C8H13ClN2S. The molecule has 0 spiro atoms. The molecular weight excluding hydrogens is 192 g/mol. The van der Waals surface area contributed by atoms with Crippen molar-refractivity contribution in [2.24, 2.45) is 11.5 Å². The maximum Gasteiger partial charge on any atom is 0.0561 e.